The fourth-order valence-corrected chi connectivity index (χ4v) is 4.79. The zero-order valence-electron chi connectivity index (χ0n) is 14.2. The molecule has 1 amide bonds. The monoisotopic (exact) mass is 313 g/mol. The molecule has 4 heteroatoms. The first kappa shape index (κ1) is 14.7. The lowest BCUT2D eigenvalue weighted by molar-refractivity contribution is -0.167. The third kappa shape index (κ3) is 1.47. The van der Waals surface area contributed by atoms with Crippen LogP contribution in [0.1, 0.15) is 46.1 Å². The standard InChI is InChI=1S/C19H23NO3/c1-12-11-13-7-5-6-8-14(13)20(12)15(21)19-10-9-18(4,16(22)23-19)17(19,2)3/h5-8,12H,9-11H2,1-4H3/t12-,18-,19-/m0/s1. The van der Waals surface area contributed by atoms with Crippen LogP contribution < -0.4 is 4.90 Å². The summed E-state index contributed by atoms with van der Waals surface area (Å²) in [4.78, 5) is 27.8. The van der Waals surface area contributed by atoms with Gasteiger partial charge >= 0.3 is 5.97 Å². The van der Waals surface area contributed by atoms with Crippen LogP contribution >= 0.6 is 0 Å². The lowest BCUT2D eigenvalue weighted by Crippen LogP contribution is -2.56. The third-order valence-corrected chi connectivity index (χ3v) is 6.86. The van der Waals surface area contributed by atoms with Gasteiger partial charge in [-0.25, -0.2) is 0 Å². The van der Waals surface area contributed by atoms with Gasteiger partial charge in [0, 0.05) is 17.1 Å². The summed E-state index contributed by atoms with van der Waals surface area (Å²) in [5.41, 5.74) is 0.0700. The highest BCUT2D eigenvalue weighted by Crippen LogP contribution is 2.66. The van der Waals surface area contributed by atoms with Crippen LogP contribution in [0.3, 0.4) is 0 Å². The summed E-state index contributed by atoms with van der Waals surface area (Å²) >= 11 is 0. The molecule has 0 N–H and O–H groups in total. The predicted molar refractivity (Wildman–Crippen MR) is 87.0 cm³/mol. The molecular weight excluding hydrogens is 290 g/mol. The second-order valence-electron chi connectivity index (χ2n) is 8.03. The van der Waals surface area contributed by atoms with Gasteiger partial charge in [0.15, 0.2) is 5.60 Å². The van der Waals surface area contributed by atoms with Crippen LogP contribution in [0.25, 0.3) is 0 Å². The molecule has 23 heavy (non-hydrogen) atoms. The van der Waals surface area contributed by atoms with E-state index in [9.17, 15) is 9.59 Å². The van der Waals surface area contributed by atoms with Crippen LogP contribution in [0.2, 0.25) is 0 Å². The average Bonchev–Trinajstić information content (AvgIpc) is 2.99. The minimum Gasteiger partial charge on any atom is -0.448 e. The van der Waals surface area contributed by atoms with Crippen LogP contribution in [0.5, 0.6) is 0 Å². The van der Waals surface area contributed by atoms with Gasteiger partial charge in [-0.1, -0.05) is 32.0 Å². The van der Waals surface area contributed by atoms with Crippen molar-refractivity contribution in [3.8, 4) is 0 Å². The Morgan fingerprint density at radius 2 is 1.91 bits per heavy atom. The number of amides is 1. The number of anilines is 1. The van der Waals surface area contributed by atoms with Gasteiger partial charge in [-0.3, -0.25) is 9.59 Å². The van der Waals surface area contributed by atoms with E-state index in [0.29, 0.717) is 12.8 Å². The Balaban J connectivity index is 1.80. The van der Waals surface area contributed by atoms with Crippen LogP contribution in [0.15, 0.2) is 24.3 Å². The number of carbonyl (C=O) groups excluding carboxylic acids is 2. The van der Waals surface area contributed by atoms with E-state index in [1.165, 1.54) is 5.56 Å². The predicted octanol–water partition coefficient (Wildman–Crippen LogP) is 3.09. The maximum Gasteiger partial charge on any atom is 0.313 e. The molecule has 1 aromatic carbocycles. The van der Waals surface area contributed by atoms with Gasteiger partial charge in [-0.2, -0.15) is 0 Å². The number of fused-ring (bicyclic) bond motifs is 3. The fraction of sp³-hybridized carbons (Fsp3) is 0.579. The number of ether oxygens (including phenoxy) is 1. The summed E-state index contributed by atoms with van der Waals surface area (Å²) in [5.74, 6) is -0.267. The summed E-state index contributed by atoms with van der Waals surface area (Å²) < 4.78 is 5.77. The van der Waals surface area contributed by atoms with Crippen LogP contribution in [-0.4, -0.2) is 23.5 Å². The number of hydrogen-bond donors (Lipinski definition) is 0. The van der Waals surface area contributed by atoms with E-state index in [1.54, 1.807) is 0 Å². The number of nitrogens with zero attached hydrogens (tertiary/aromatic N) is 1. The first-order chi connectivity index (χ1) is 10.7. The number of rotatable bonds is 1. The van der Waals surface area contributed by atoms with Crippen molar-refractivity contribution in [1.82, 2.24) is 0 Å². The Morgan fingerprint density at radius 3 is 2.52 bits per heavy atom. The molecule has 0 spiro atoms. The molecule has 122 valence electrons. The number of carbonyl (C=O) groups is 2. The minimum absolute atomic E-state index is 0.0467. The van der Waals surface area contributed by atoms with Gasteiger partial charge < -0.3 is 9.64 Å². The Bertz CT molecular complexity index is 725. The Morgan fingerprint density at radius 1 is 1.22 bits per heavy atom. The van der Waals surface area contributed by atoms with E-state index < -0.39 is 16.4 Å². The highest BCUT2D eigenvalue weighted by molar-refractivity contribution is 6.06. The van der Waals surface area contributed by atoms with Crippen molar-refractivity contribution in [3.05, 3.63) is 29.8 Å². The smallest absolute Gasteiger partial charge is 0.313 e. The van der Waals surface area contributed by atoms with Gasteiger partial charge in [-0.15, -0.1) is 0 Å². The zero-order chi connectivity index (χ0) is 16.6. The van der Waals surface area contributed by atoms with Crippen LogP contribution in [-0.2, 0) is 20.7 Å². The molecular formula is C19H23NO3. The van der Waals surface area contributed by atoms with Crippen molar-refractivity contribution >= 4 is 17.6 Å². The molecule has 1 aliphatic carbocycles. The molecule has 2 fully saturated rings. The molecule has 0 unspecified atom stereocenters. The molecule has 1 saturated carbocycles. The third-order valence-electron chi connectivity index (χ3n) is 6.86. The highest BCUT2D eigenvalue weighted by Gasteiger charge is 2.76. The van der Waals surface area contributed by atoms with Crippen molar-refractivity contribution in [2.24, 2.45) is 10.8 Å². The number of esters is 1. The molecule has 0 aromatic heterocycles. The molecule has 0 radical (unpaired) electrons. The zero-order valence-corrected chi connectivity index (χ0v) is 14.2. The van der Waals surface area contributed by atoms with E-state index in [1.807, 2.05) is 43.9 Å². The lowest BCUT2D eigenvalue weighted by atomic mass is 9.66. The fourth-order valence-electron chi connectivity index (χ4n) is 4.79. The largest absolute Gasteiger partial charge is 0.448 e. The van der Waals surface area contributed by atoms with Gasteiger partial charge in [0.25, 0.3) is 5.91 Å². The van der Waals surface area contributed by atoms with E-state index in [-0.39, 0.29) is 17.9 Å². The topological polar surface area (TPSA) is 46.6 Å². The molecule has 4 rings (SSSR count). The minimum atomic E-state index is -1.02. The van der Waals surface area contributed by atoms with Crippen molar-refractivity contribution in [2.45, 2.75) is 58.6 Å². The van der Waals surface area contributed by atoms with E-state index in [4.69, 9.17) is 4.74 Å². The summed E-state index contributed by atoms with van der Waals surface area (Å²) in [6.45, 7) is 8.02. The second kappa shape index (κ2) is 4.16. The normalized spacial score (nSPS) is 37.0. The maximum absolute atomic E-state index is 13.6. The molecule has 1 aromatic rings. The van der Waals surface area contributed by atoms with Gasteiger partial charge in [-0.05, 0) is 44.7 Å². The molecule has 2 aliphatic heterocycles. The Hall–Kier alpha value is -1.84. The van der Waals surface area contributed by atoms with E-state index in [2.05, 4.69) is 13.0 Å². The summed E-state index contributed by atoms with van der Waals surface area (Å²) in [6.07, 6.45) is 2.19. The molecule has 3 atom stereocenters. The summed E-state index contributed by atoms with van der Waals surface area (Å²) in [5, 5.41) is 0. The number of hydrogen-bond acceptors (Lipinski definition) is 3. The van der Waals surface area contributed by atoms with Crippen molar-refractivity contribution in [1.29, 1.82) is 0 Å². The van der Waals surface area contributed by atoms with Crippen molar-refractivity contribution < 1.29 is 14.3 Å². The number of benzene rings is 1. The summed E-state index contributed by atoms with van der Waals surface area (Å²) in [6, 6.07) is 8.12. The number of para-hydroxylation sites is 1. The SMILES string of the molecule is C[C@H]1Cc2ccccc2N1C(=O)[C@]12CC[C@@](C)(C(=O)O1)C2(C)C. The average molecular weight is 313 g/mol. The Kier molecular flexibility index (Phi) is 2.67. The molecule has 3 aliphatic rings. The van der Waals surface area contributed by atoms with Gasteiger partial charge in [0.1, 0.15) is 0 Å². The molecule has 2 heterocycles. The van der Waals surface area contributed by atoms with E-state index >= 15 is 0 Å². The summed E-state index contributed by atoms with van der Waals surface area (Å²) in [7, 11) is 0. The van der Waals surface area contributed by atoms with Crippen molar-refractivity contribution in [2.75, 3.05) is 4.90 Å². The van der Waals surface area contributed by atoms with Gasteiger partial charge in [0.05, 0.1) is 5.41 Å². The Labute approximate surface area is 136 Å². The molecule has 4 nitrogen and oxygen atoms in total. The first-order valence-corrected chi connectivity index (χ1v) is 8.40. The quantitative estimate of drug-likeness (QED) is 0.749. The van der Waals surface area contributed by atoms with Gasteiger partial charge in [0.2, 0.25) is 0 Å². The molecule has 2 bridgehead atoms. The van der Waals surface area contributed by atoms with E-state index in [0.717, 1.165) is 12.1 Å². The molecule has 1 saturated heterocycles. The lowest BCUT2D eigenvalue weighted by Gasteiger charge is -2.39. The first-order valence-electron chi connectivity index (χ1n) is 8.40. The van der Waals surface area contributed by atoms with Crippen LogP contribution in [0, 0.1) is 10.8 Å². The van der Waals surface area contributed by atoms with Crippen LogP contribution in [0.4, 0.5) is 5.69 Å². The van der Waals surface area contributed by atoms with Crippen molar-refractivity contribution in [3.63, 3.8) is 0 Å². The maximum atomic E-state index is 13.6. The second-order valence-corrected chi connectivity index (χ2v) is 8.03. The highest BCUT2D eigenvalue weighted by atomic mass is 16.6.